The number of piperazine rings is 1. The number of nitrogen functional groups attached to an aromatic ring is 1. The van der Waals surface area contributed by atoms with Gasteiger partial charge in [-0.05, 0) is 37.1 Å². The molecule has 0 bridgehead atoms. The van der Waals surface area contributed by atoms with E-state index in [-0.39, 0.29) is 5.91 Å². The first-order valence-corrected chi connectivity index (χ1v) is 7.53. The maximum atomic E-state index is 11.6. The predicted octanol–water partition coefficient (Wildman–Crippen LogP) is 1.76. The molecule has 0 unspecified atom stereocenters. The number of rotatable bonds is 5. The van der Waals surface area contributed by atoms with Crippen molar-refractivity contribution in [1.82, 2.24) is 9.80 Å². The van der Waals surface area contributed by atoms with E-state index in [1.165, 1.54) is 5.56 Å². The van der Waals surface area contributed by atoms with Gasteiger partial charge in [-0.25, -0.2) is 0 Å². The highest BCUT2D eigenvalue weighted by Crippen LogP contribution is 2.09. The minimum Gasteiger partial charge on any atom is -0.399 e. The Labute approximate surface area is 121 Å². The Kier molecular flexibility index (Phi) is 5.41. The Hall–Kier alpha value is -1.55. The van der Waals surface area contributed by atoms with Crippen molar-refractivity contribution in [2.45, 2.75) is 26.2 Å². The molecule has 110 valence electrons. The number of carbonyl (C=O) groups excluding carboxylic acids is 1. The fourth-order valence-corrected chi connectivity index (χ4v) is 2.64. The molecule has 1 aliphatic rings. The van der Waals surface area contributed by atoms with Crippen molar-refractivity contribution < 1.29 is 4.79 Å². The number of hydrogen-bond donors (Lipinski definition) is 1. The number of anilines is 1. The fraction of sp³-hybridized carbons (Fsp3) is 0.562. The van der Waals surface area contributed by atoms with Crippen molar-refractivity contribution in [3.8, 4) is 0 Å². The van der Waals surface area contributed by atoms with Crippen LogP contribution in [0.1, 0.15) is 25.3 Å². The quantitative estimate of drug-likeness (QED) is 0.833. The lowest BCUT2D eigenvalue weighted by Gasteiger charge is -2.34. The normalized spacial score (nSPS) is 16.4. The van der Waals surface area contributed by atoms with Gasteiger partial charge < -0.3 is 10.6 Å². The van der Waals surface area contributed by atoms with E-state index in [1.807, 2.05) is 24.0 Å². The van der Waals surface area contributed by atoms with Gasteiger partial charge in [0.05, 0.1) is 0 Å². The van der Waals surface area contributed by atoms with Crippen LogP contribution in [0.5, 0.6) is 0 Å². The van der Waals surface area contributed by atoms with Gasteiger partial charge >= 0.3 is 0 Å². The van der Waals surface area contributed by atoms with E-state index in [2.05, 4.69) is 17.0 Å². The lowest BCUT2D eigenvalue weighted by molar-refractivity contribution is -0.132. The first-order valence-electron chi connectivity index (χ1n) is 7.53. The molecule has 0 saturated carbocycles. The van der Waals surface area contributed by atoms with Gasteiger partial charge in [-0.15, -0.1) is 0 Å². The lowest BCUT2D eigenvalue weighted by atomic mass is 10.1. The third-order valence-corrected chi connectivity index (χ3v) is 3.95. The van der Waals surface area contributed by atoms with E-state index in [0.29, 0.717) is 6.42 Å². The van der Waals surface area contributed by atoms with Crippen LogP contribution in [0.2, 0.25) is 0 Å². The summed E-state index contributed by atoms with van der Waals surface area (Å²) in [5.41, 5.74) is 7.85. The summed E-state index contributed by atoms with van der Waals surface area (Å²) in [6, 6.07) is 8.13. The summed E-state index contributed by atoms with van der Waals surface area (Å²) in [7, 11) is 0. The average Bonchev–Trinajstić information content (AvgIpc) is 2.49. The van der Waals surface area contributed by atoms with Crippen LogP contribution in [-0.4, -0.2) is 48.4 Å². The van der Waals surface area contributed by atoms with Gasteiger partial charge in [-0.1, -0.05) is 19.1 Å². The zero-order valence-electron chi connectivity index (χ0n) is 12.3. The van der Waals surface area contributed by atoms with Gasteiger partial charge in [0, 0.05) is 38.3 Å². The molecule has 1 amide bonds. The highest BCUT2D eigenvalue weighted by Gasteiger charge is 2.19. The maximum absolute atomic E-state index is 11.6. The van der Waals surface area contributed by atoms with Gasteiger partial charge in [0.1, 0.15) is 0 Å². The van der Waals surface area contributed by atoms with Crippen LogP contribution in [0.15, 0.2) is 24.3 Å². The second kappa shape index (κ2) is 7.29. The van der Waals surface area contributed by atoms with Gasteiger partial charge in [0.15, 0.2) is 0 Å². The first-order chi connectivity index (χ1) is 9.69. The lowest BCUT2D eigenvalue weighted by Crippen LogP contribution is -2.48. The fourth-order valence-electron chi connectivity index (χ4n) is 2.64. The SMILES string of the molecule is CCC(=O)N1CCN(CCCc2ccc(N)cc2)CC1. The van der Waals surface area contributed by atoms with E-state index in [0.717, 1.165) is 51.3 Å². The number of aryl methyl sites for hydroxylation is 1. The smallest absolute Gasteiger partial charge is 0.222 e. The summed E-state index contributed by atoms with van der Waals surface area (Å²) in [6.45, 7) is 6.82. The zero-order valence-corrected chi connectivity index (χ0v) is 12.3. The Morgan fingerprint density at radius 1 is 1.15 bits per heavy atom. The van der Waals surface area contributed by atoms with Crippen molar-refractivity contribution in [3.63, 3.8) is 0 Å². The van der Waals surface area contributed by atoms with E-state index >= 15 is 0 Å². The molecule has 0 aliphatic carbocycles. The number of benzene rings is 1. The van der Waals surface area contributed by atoms with E-state index in [9.17, 15) is 4.79 Å². The standard InChI is InChI=1S/C16H25N3O/c1-2-16(20)19-12-10-18(11-13-19)9-3-4-14-5-7-15(17)8-6-14/h5-8H,2-4,9-13,17H2,1H3. The molecule has 0 atom stereocenters. The molecule has 0 aromatic heterocycles. The highest BCUT2D eigenvalue weighted by molar-refractivity contribution is 5.75. The maximum Gasteiger partial charge on any atom is 0.222 e. The van der Waals surface area contributed by atoms with Crippen LogP contribution in [0.3, 0.4) is 0 Å². The first kappa shape index (κ1) is 14.9. The molecule has 1 aromatic rings. The summed E-state index contributed by atoms with van der Waals surface area (Å²) in [5, 5.41) is 0. The van der Waals surface area contributed by atoms with E-state index in [4.69, 9.17) is 5.73 Å². The monoisotopic (exact) mass is 275 g/mol. The highest BCUT2D eigenvalue weighted by atomic mass is 16.2. The van der Waals surface area contributed by atoms with Crippen molar-refractivity contribution in [1.29, 1.82) is 0 Å². The average molecular weight is 275 g/mol. The van der Waals surface area contributed by atoms with Crippen molar-refractivity contribution in [2.75, 3.05) is 38.5 Å². The number of amides is 1. The molecule has 1 fully saturated rings. The predicted molar refractivity (Wildman–Crippen MR) is 82.5 cm³/mol. The van der Waals surface area contributed by atoms with Crippen LogP contribution in [0.4, 0.5) is 5.69 Å². The minimum atomic E-state index is 0.284. The number of nitrogens with two attached hydrogens (primary N) is 1. The Morgan fingerprint density at radius 3 is 2.40 bits per heavy atom. The molecule has 0 radical (unpaired) electrons. The molecule has 1 saturated heterocycles. The van der Waals surface area contributed by atoms with Crippen LogP contribution >= 0.6 is 0 Å². The van der Waals surface area contributed by atoms with E-state index < -0.39 is 0 Å². The topological polar surface area (TPSA) is 49.6 Å². The molecule has 2 N–H and O–H groups in total. The summed E-state index contributed by atoms with van der Waals surface area (Å²) in [6.07, 6.45) is 2.87. The largest absolute Gasteiger partial charge is 0.399 e. The molecule has 1 aliphatic heterocycles. The van der Waals surface area contributed by atoms with Gasteiger partial charge in [0.2, 0.25) is 5.91 Å². The molecule has 4 nitrogen and oxygen atoms in total. The van der Waals surface area contributed by atoms with Crippen LogP contribution in [-0.2, 0) is 11.2 Å². The van der Waals surface area contributed by atoms with Gasteiger partial charge in [-0.3, -0.25) is 9.69 Å². The minimum absolute atomic E-state index is 0.284. The summed E-state index contributed by atoms with van der Waals surface area (Å²) >= 11 is 0. The Balaban J connectivity index is 1.66. The molecule has 1 heterocycles. The molecular weight excluding hydrogens is 250 g/mol. The molecule has 20 heavy (non-hydrogen) atoms. The third kappa shape index (κ3) is 4.23. The summed E-state index contributed by atoms with van der Waals surface area (Å²) in [5.74, 6) is 0.284. The van der Waals surface area contributed by atoms with Crippen LogP contribution < -0.4 is 5.73 Å². The zero-order chi connectivity index (χ0) is 14.4. The van der Waals surface area contributed by atoms with Crippen molar-refractivity contribution >= 4 is 11.6 Å². The number of hydrogen-bond acceptors (Lipinski definition) is 3. The molecule has 2 rings (SSSR count). The van der Waals surface area contributed by atoms with Crippen molar-refractivity contribution in [3.05, 3.63) is 29.8 Å². The summed E-state index contributed by atoms with van der Waals surface area (Å²) in [4.78, 5) is 16.0. The van der Waals surface area contributed by atoms with E-state index in [1.54, 1.807) is 0 Å². The second-order valence-electron chi connectivity index (χ2n) is 5.42. The van der Waals surface area contributed by atoms with Gasteiger partial charge in [0.25, 0.3) is 0 Å². The Bertz CT molecular complexity index is 422. The number of nitrogens with zero attached hydrogens (tertiary/aromatic N) is 2. The molecular formula is C16H25N3O. The molecule has 0 spiro atoms. The van der Waals surface area contributed by atoms with Crippen LogP contribution in [0, 0.1) is 0 Å². The van der Waals surface area contributed by atoms with Crippen LogP contribution in [0.25, 0.3) is 0 Å². The van der Waals surface area contributed by atoms with Gasteiger partial charge in [-0.2, -0.15) is 0 Å². The third-order valence-electron chi connectivity index (χ3n) is 3.95. The van der Waals surface area contributed by atoms with Crippen molar-refractivity contribution in [2.24, 2.45) is 0 Å². The number of carbonyl (C=O) groups is 1. The Morgan fingerprint density at radius 2 is 1.80 bits per heavy atom. The molecule has 1 aromatic carbocycles. The molecule has 4 heteroatoms. The second-order valence-corrected chi connectivity index (χ2v) is 5.42. The summed E-state index contributed by atoms with van der Waals surface area (Å²) < 4.78 is 0.